The lowest BCUT2D eigenvalue weighted by molar-refractivity contribution is 1.08. The Morgan fingerprint density at radius 2 is 0.912 bits per heavy atom. The van der Waals surface area contributed by atoms with Crippen molar-refractivity contribution in [2.75, 3.05) is 0 Å². The van der Waals surface area contributed by atoms with Crippen LogP contribution in [0, 0.1) is 0 Å². The molecule has 0 fully saturated rings. The first kappa shape index (κ1) is 32.3. The van der Waals surface area contributed by atoms with Gasteiger partial charge in [0.1, 0.15) is 0 Å². The van der Waals surface area contributed by atoms with Crippen LogP contribution in [0.25, 0.3) is 113 Å². The summed E-state index contributed by atoms with van der Waals surface area (Å²) in [5.41, 5.74) is 8.69. The summed E-state index contributed by atoms with van der Waals surface area (Å²) in [6.45, 7) is 0. The Labute approximate surface area is 335 Å². The number of para-hydroxylation sites is 1. The molecule has 8 aromatic carbocycles. The molecule has 4 nitrogen and oxygen atoms in total. The molecule has 0 aliphatic rings. The monoisotopic (exact) mass is 762 g/mol. The van der Waals surface area contributed by atoms with Crippen molar-refractivity contribution in [3.05, 3.63) is 182 Å². The van der Waals surface area contributed by atoms with E-state index < -0.39 is 0 Å². The second kappa shape index (κ2) is 12.8. The predicted octanol–water partition coefficient (Wildman–Crippen LogP) is 14.4. The minimum Gasteiger partial charge on any atom is -0.309 e. The number of hydrogen-bond donors (Lipinski definition) is 0. The van der Waals surface area contributed by atoms with Gasteiger partial charge in [-0.15, -0.1) is 22.7 Å². The molecule has 0 amide bonds. The number of nitrogens with zero attached hydrogens (tertiary/aromatic N) is 4. The molecule has 266 valence electrons. The lowest BCUT2D eigenvalue weighted by Crippen LogP contribution is -2.00. The van der Waals surface area contributed by atoms with Crippen molar-refractivity contribution in [1.29, 1.82) is 0 Å². The number of fused-ring (bicyclic) bond motifs is 9. The number of thiophene rings is 2. The summed E-state index contributed by atoms with van der Waals surface area (Å²) in [6.07, 6.45) is 0. The Hall–Kier alpha value is -6.99. The van der Waals surface area contributed by atoms with Gasteiger partial charge < -0.3 is 4.57 Å². The maximum Gasteiger partial charge on any atom is 0.164 e. The van der Waals surface area contributed by atoms with Crippen LogP contribution in [0.2, 0.25) is 0 Å². The van der Waals surface area contributed by atoms with Crippen LogP contribution in [0.1, 0.15) is 0 Å². The first-order chi connectivity index (χ1) is 28.2. The van der Waals surface area contributed by atoms with Crippen molar-refractivity contribution in [3.63, 3.8) is 0 Å². The topological polar surface area (TPSA) is 43.6 Å². The van der Waals surface area contributed by atoms with Crippen LogP contribution in [0.3, 0.4) is 0 Å². The third-order valence-electron chi connectivity index (χ3n) is 11.1. The third-order valence-corrected chi connectivity index (χ3v) is 13.3. The van der Waals surface area contributed by atoms with Gasteiger partial charge in [0.15, 0.2) is 17.5 Å². The summed E-state index contributed by atoms with van der Waals surface area (Å²) in [7, 11) is 0. The van der Waals surface area contributed by atoms with Crippen LogP contribution in [0.15, 0.2) is 182 Å². The van der Waals surface area contributed by atoms with Gasteiger partial charge in [0.25, 0.3) is 0 Å². The molecule has 0 aliphatic heterocycles. The summed E-state index contributed by atoms with van der Waals surface area (Å²) in [6, 6.07) is 65.0. The van der Waals surface area contributed by atoms with E-state index >= 15 is 0 Å². The van der Waals surface area contributed by atoms with Crippen molar-refractivity contribution in [2.24, 2.45) is 0 Å². The minimum absolute atomic E-state index is 0.645. The molecule has 12 rings (SSSR count). The number of benzene rings is 8. The van der Waals surface area contributed by atoms with E-state index in [2.05, 4.69) is 187 Å². The molecule has 4 aromatic heterocycles. The first-order valence-electron chi connectivity index (χ1n) is 19.0. The zero-order valence-corrected chi connectivity index (χ0v) is 32.1. The van der Waals surface area contributed by atoms with Crippen LogP contribution in [0.4, 0.5) is 0 Å². The molecule has 0 bridgehead atoms. The Kier molecular flexibility index (Phi) is 7.24. The molecule has 6 heteroatoms. The molecule has 4 heterocycles. The highest BCUT2D eigenvalue weighted by Gasteiger charge is 2.20. The first-order valence-corrected chi connectivity index (χ1v) is 20.6. The van der Waals surface area contributed by atoms with E-state index in [1.165, 1.54) is 56.9 Å². The third kappa shape index (κ3) is 5.22. The van der Waals surface area contributed by atoms with E-state index in [4.69, 9.17) is 15.0 Å². The van der Waals surface area contributed by atoms with Gasteiger partial charge in [0, 0.05) is 73.5 Å². The van der Waals surface area contributed by atoms with Gasteiger partial charge in [-0.3, -0.25) is 0 Å². The molecule has 0 saturated carbocycles. The highest BCUT2D eigenvalue weighted by Crippen LogP contribution is 2.41. The van der Waals surface area contributed by atoms with E-state index in [-0.39, 0.29) is 0 Å². The molecule has 12 aromatic rings. The summed E-state index contributed by atoms with van der Waals surface area (Å²) in [5, 5.41) is 7.18. The van der Waals surface area contributed by atoms with Crippen LogP contribution < -0.4 is 0 Å². The molecule has 0 atom stereocenters. The van der Waals surface area contributed by atoms with E-state index in [9.17, 15) is 0 Å². The smallest absolute Gasteiger partial charge is 0.164 e. The summed E-state index contributed by atoms with van der Waals surface area (Å²) in [5.74, 6) is 1.97. The zero-order chi connectivity index (χ0) is 37.5. The Bertz CT molecular complexity index is 3540. The van der Waals surface area contributed by atoms with Gasteiger partial charge >= 0.3 is 0 Å². The second-order valence-electron chi connectivity index (χ2n) is 14.4. The molecule has 57 heavy (non-hydrogen) atoms. The molecule has 0 unspecified atom stereocenters. The molecule has 0 saturated heterocycles. The highest BCUT2D eigenvalue weighted by atomic mass is 32.1. The van der Waals surface area contributed by atoms with E-state index in [1.807, 2.05) is 11.3 Å². The van der Waals surface area contributed by atoms with Crippen molar-refractivity contribution in [2.45, 2.75) is 0 Å². The van der Waals surface area contributed by atoms with Gasteiger partial charge in [-0.05, 0) is 83.9 Å². The standard InChI is InChI=1S/C51H30N4S2/c1-2-12-31(13-3-1)32-14-10-15-35(28-32)55-42-20-7-4-16-36(42)40-29-33(24-26-43(40)55)49-52-50(34-25-27-46-41(30-34)37-17-5-8-21-44(37)56-46)54-51(53-49)39-19-11-23-47-48(39)38-18-6-9-22-45(38)57-47/h1-30H. The van der Waals surface area contributed by atoms with E-state index in [1.54, 1.807) is 11.3 Å². The van der Waals surface area contributed by atoms with E-state index in [0.29, 0.717) is 17.5 Å². The van der Waals surface area contributed by atoms with Crippen LogP contribution in [-0.2, 0) is 0 Å². The Morgan fingerprint density at radius 3 is 1.75 bits per heavy atom. The second-order valence-corrected chi connectivity index (χ2v) is 16.6. The Balaban J connectivity index is 1.08. The molecular formula is C51H30N4S2. The molecule has 0 N–H and O–H groups in total. The SMILES string of the molecule is c1ccc(-c2cccc(-n3c4ccccc4c4cc(-c5nc(-c6ccc7sc8ccccc8c7c6)nc(-c6cccc7sc8ccccc8c67)n5)ccc43)c2)cc1. The molecule has 0 radical (unpaired) electrons. The van der Waals surface area contributed by atoms with Gasteiger partial charge in [-0.2, -0.15) is 0 Å². The van der Waals surface area contributed by atoms with Gasteiger partial charge in [0.2, 0.25) is 0 Å². The van der Waals surface area contributed by atoms with Gasteiger partial charge in [-0.25, -0.2) is 15.0 Å². The highest BCUT2D eigenvalue weighted by molar-refractivity contribution is 7.26. The van der Waals surface area contributed by atoms with Crippen molar-refractivity contribution >= 4 is 84.8 Å². The number of aromatic nitrogens is 4. The van der Waals surface area contributed by atoms with Crippen LogP contribution in [-0.4, -0.2) is 19.5 Å². The van der Waals surface area contributed by atoms with Crippen molar-refractivity contribution in [3.8, 4) is 51.0 Å². The zero-order valence-electron chi connectivity index (χ0n) is 30.4. The molecule has 0 spiro atoms. The average Bonchev–Trinajstić information content (AvgIpc) is 3.96. The largest absolute Gasteiger partial charge is 0.309 e. The summed E-state index contributed by atoms with van der Waals surface area (Å²) >= 11 is 3.62. The fraction of sp³-hybridized carbons (Fsp3) is 0. The number of rotatable bonds is 5. The van der Waals surface area contributed by atoms with Crippen molar-refractivity contribution < 1.29 is 0 Å². The van der Waals surface area contributed by atoms with Gasteiger partial charge in [0.05, 0.1) is 11.0 Å². The molecular weight excluding hydrogens is 733 g/mol. The quantitative estimate of drug-likeness (QED) is 0.175. The normalized spacial score (nSPS) is 11.9. The maximum atomic E-state index is 5.31. The predicted molar refractivity (Wildman–Crippen MR) is 242 cm³/mol. The van der Waals surface area contributed by atoms with Gasteiger partial charge in [-0.1, -0.05) is 109 Å². The Morgan fingerprint density at radius 1 is 0.333 bits per heavy atom. The minimum atomic E-state index is 0.645. The lowest BCUT2D eigenvalue weighted by Gasteiger charge is -2.11. The summed E-state index contributed by atoms with van der Waals surface area (Å²) < 4.78 is 7.36. The van der Waals surface area contributed by atoms with Crippen molar-refractivity contribution in [1.82, 2.24) is 19.5 Å². The molecule has 0 aliphatic carbocycles. The fourth-order valence-corrected chi connectivity index (χ4v) is 10.6. The number of hydrogen-bond acceptors (Lipinski definition) is 5. The van der Waals surface area contributed by atoms with E-state index in [0.717, 1.165) is 38.8 Å². The maximum absolute atomic E-state index is 5.31. The average molecular weight is 763 g/mol. The van der Waals surface area contributed by atoms with Crippen LogP contribution in [0.5, 0.6) is 0 Å². The fourth-order valence-electron chi connectivity index (χ4n) is 8.43. The lowest BCUT2D eigenvalue weighted by atomic mass is 10.0. The summed E-state index contributed by atoms with van der Waals surface area (Å²) in [4.78, 5) is 15.9. The van der Waals surface area contributed by atoms with Crippen LogP contribution >= 0.6 is 22.7 Å².